The maximum atomic E-state index is 13.1. The molecule has 0 saturated heterocycles. The van der Waals surface area contributed by atoms with Crippen LogP contribution in [-0.4, -0.2) is 44.9 Å². The zero-order valence-corrected chi connectivity index (χ0v) is 21.8. The molecular weight excluding hydrogens is 498 g/mol. The van der Waals surface area contributed by atoms with Gasteiger partial charge in [0, 0.05) is 10.8 Å². The molecule has 0 heterocycles. The standard InChI is InChI=1S/C26H31N3O5S2/c1-34-20-8-6-18(7-9-20)16-24(25(28)30)35-21-10-12-22(13-11-21)36(32,33)17-19-4-2-3-5-23(19)26(31)29-15-14-27/h6-13,19,23-24H,2-5,15-17H2,1H3,(H2,28,30)(H,29,31)/t19-,23+,24?/m1/s1. The zero-order valence-electron chi connectivity index (χ0n) is 20.2. The van der Waals surface area contributed by atoms with E-state index in [1.807, 2.05) is 30.3 Å². The van der Waals surface area contributed by atoms with E-state index in [-0.39, 0.29) is 29.0 Å². The van der Waals surface area contributed by atoms with Gasteiger partial charge in [-0.1, -0.05) is 25.0 Å². The molecule has 2 aromatic rings. The Morgan fingerprint density at radius 2 is 1.81 bits per heavy atom. The lowest BCUT2D eigenvalue weighted by Crippen LogP contribution is -2.39. The molecule has 36 heavy (non-hydrogen) atoms. The maximum absolute atomic E-state index is 13.1. The van der Waals surface area contributed by atoms with Crippen molar-refractivity contribution < 1.29 is 22.7 Å². The summed E-state index contributed by atoms with van der Waals surface area (Å²) in [5.74, 6) is -0.804. The van der Waals surface area contributed by atoms with Crippen LogP contribution in [0.25, 0.3) is 0 Å². The number of nitriles is 1. The molecule has 0 aliphatic heterocycles. The number of sulfone groups is 1. The highest BCUT2D eigenvalue weighted by molar-refractivity contribution is 8.00. The number of hydrogen-bond acceptors (Lipinski definition) is 7. The first-order valence-electron chi connectivity index (χ1n) is 11.8. The highest BCUT2D eigenvalue weighted by atomic mass is 32.2. The monoisotopic (exact) mass is 529 g/mol. The van der Waals surface area contributed by atoms with Gasteiger partial charge >= 0.3 is 0 Å². The predicted octanol–water partition coefficient (Wildman–Crippen LogP) is 3.10. The lowest BCUT2D eigenvalue weighted by Gasteiger charge is -2.30. The number of rotatable bonds is 11. The van der Waals surface area contributed by atoms with Crippen LogP contribution in [-0.2, 0) is 25.8 Å². The van der Waals surface area contributed by atoms with Crippen LogP contribution in [0.2, 0.25) is 0 Å². The molecule has 2 amide bonds. The number of primary amides is 1. The molecular formula is C26H31N3O5S2. The lowest BCUT2D eigenvalue weighted by molar-refractivity contribution is -0.127. The number of nitrogens with one attached hydrogen (secondary N) is 1. The van der Waals surface area contributed by atoms with Crippen molar-refractivity contribution in [3.63, 3.8) is 0 Å². The van der Waals surface area contributed by atoms with Crippen molar-refractivity contribution in [1.82, 2.24) is 5.32 Å². The van der Waals surface area contributed by atoms with Crippen molar-refractivity contribution in [2.45, 2.75) is 47.1 Å². The number of carbonyl (C=O) groups excluding carboxylic acids is 2. The Hall–Kier alpha value is -3.03. The molecule has 3 N–H and O–H groups in total. The summed E-state index contributed by atoms with van der Waals surface area (Å²) in [6.45, 7) is -0.0846. The fourth-order valence-electron chi connectivity index (χ4n) is 4.45. The van der Waals surface area contributed by atoms with Gasteiger partial charge in [0.2, 0.25) is 11.8 Å². The molecule has 2 aromatic carbocycles. The predicted molar refractivity (Wildman–Crippen MR) is 138 cm³/mol. The minimum absolute atomic E-state index is 0.0846. The van der Waals surface area contributed by atoms with Crippen molar-refractivity contribution in [2.75, 3.05) is 19.4 Å². The van der Waals surface area contributed by atoms with Crippen molar-refractivity contribution in [3.8, 4) is 11.8 Å². The molecule has 8 nitrogen and oxygen atoms in total. The second-order valence-electron chi connectivity index (χ2n) is 8.84. The Kier molecular flexibility index (Phi) is 9.79. The largest absolute Gasteiger partial charge is 0.497 e. The number of nitrogens with two attached hydrogens (primary N) is 1. The van der Waals surface area contributed by atoms with Crippen molar-refractivity contribution in [2.24, 2.45) is 17.6 Å². The van der Waals surface area contributed by atoms with E-state index < -0.39 is 26.9 Å². The van der Waals surface area contributed by atoms with Crippen LogP contribution in [0.4, 0.5) is 0 Å². The minimum atomic E-state index is -3.62. The summed E-state index contributed by atoms with van der Waals surface area (Å²) in [7, 11) is -2.04. The van der Waals surface area contributed by atoms with Gasteiger partial charge in [-0.25, -0.2) is 8.42 Å². The van der Waals surface area contributed by atoms with Gasteiger partial charge in [-0.15, -0.1) is 11.8 Å². The molecule has 3 atom stereocenters. The van der Waals surface area contributed by atoms with Crippen LogP contribution in [0.15, 0.2) is 58.3 Å². The molecule has 10 heteroatoms. The highest BCUT2D eigenvalue weighted by Crippen LogP contribution is 2.33. The first kappa shape index (κ1) is 27.6. The van der Waals surface area contributed by atoms with Gasteiger partial charge in [-0.05, 0) is 67.1 Å². The Labute approximate surface area is 216 Å². The first-order chi connectivity index (χ1) is 17.2. The SMILES string of the molecule is COc1ccc(CC(Sc2ccc(S(=O)(=O)C[C@H]3CCCC[C@@H]3C(=O)NCC#N)cc2)C(N)=O)cc1. The Balaban J connectivity index is 1.67. The van der Waals surface area contributed by atoms with E-state index in [0.29, 0.717) is 19.3 Å². The van der Waals surface area contributed by atoms with E-state index in [4.69, 9.17) is 15.7 Å². The summed E-state index contributed by atoms with van der Waals surface area (Å²) in [5, 5.41) is 10.8. The van der Waals surface area contributed by atoms with Gasteiger partial charge in [-0.3, -0.25) is 9.59 Å². The van der Waals surface area contributed by atoms with Gasteiger partial charge in [-0.2, -0.15) is 5.26 Å². The number of nitrogens with zero attached hydrogens (tertiary/aromatic N) is 1. The minimum Gasteiger partial charge on any atom is -0.497 e. The number of benzene rings is 2. The Bertz CT molecular complexity index is 1190. The summed E-state index contributed by atoms with van der Waals surface area (Å²) < 4.78 is 31.4. The van der Waals surface area contributed by atoms with Crippen molar-refractivity contribution >= 4 is 33.4 Å². The van der Waals surface area contributed by atoms with Gasteiger partial charge in [0.25, 0.3) is 0 Å². The molecule has 0 aromatic heterocycles. The van der Waals surface area contributed by atoms with E-state index in [1.165, 1.54) is 23.9 Å². The highest BCUT2D eigenvalue weighted by Gasteiger charge is 2.34. The Morgan fingerprint density at radius 1 is 1.14 bits per heavy atom. The topological polar surface area (TPSA) is 139 Å². The normalized spacial score (nSPS) is 18.6. The summed E-state index contributed by atoms with van der Waals surface area (Å²) >= 11 is 1.29. The van der Waals surface area contributed by atoms with Crippen LogP contribution in [0.3, 0.4) is 0 Å². The second-order valence-corrected chi connectivity index (χ2v) is 12.2. The number of hydrogen-bond donors (Lipinski definition) is 2. The van der Waals surface area contributed by atoms with Gasteiger partial charge in [0.15, 0.2) is 9.84 Å². The fourth-order valence-corrected chi connectivity index (χ4v) is 7.17. The zero-order chi connectivity index (χ0) is 26.1. The molecule has 1 unspecified atom stereocenters. The molecule has 1 aliphatic carbocycles. The van der Waals surface area contributed by atoms with Crippen LogP contribution < -0.4 is 15.8 Å². The summed E-state index contributed by atoms with van der Waals surface area (Å²) in [6, 6.07) is 15.7. The molecule has 1 saturated carbocycles. The first-order valence-corrected chi connectivity index (χ1v) is 14.3. The van der Waals surface area contributed by atoms with Crippen molar-refractivity contribution in [1.29, 1.82) is 5.26 Å². The molecule has 1 aliphatic rings. The van der Waals surface area contributed by atoms with Gasteiger partial charge in [0.05, 0.1) is 29.1 Å². The third kappa shape index (κ3) is 7.48. The van der Waals surface area contributed by atoms with E-state index in [2.05, 4.69) is 5.32 Å². The third-order valence-electron chi connectivity index (χ3n) is 6.38. The third-order valence-corrected chi connectivity index (χ3v) is 9.46. The van der Waals surface area contributed by atoms with Crippen LogP contribution in [0.5, 0.6) is 5.75 Å². The second kappa shape index (κ2) is 12.8. The number of ether oxygens (including phenoxy) is 1. The number of carbonyl (C=O) groups is 2. The summed E-state index contributed by atoms with van der Waals surface area (Å²) in [6.07, 6.45) is 3.45. The number of methoxy groups -OCH3 is 1. The number of thioether (sulfide) groups is 1. The fraction of sp³-hybridized carbons (Fsp3) is 0.423. The molecule has 1 fully saturated rings. The van der Waals surface area contributed by atoms with Crippen LogP contribution in [0, 0.1) is 23.2 Å². The lowest BCUT2D eigenvalue weighted by atomic mass is 9.80. The van der Waals surface area contributed by atoms with E-state index >= 15 is 0 Å². The van der Waals surface area contributed by atoms with Gasteiger partial charge in [0.1, 0.15) is 12.3 Å². The molecule has 3 rings (SSSR count). The summed E-state index contributed by atoms with van der Waals surface area (Å²) in [4.78, 5) is 25.4. The van der Waals surface area contributed by atoms with Crippen molar-refractivity contribution in [3.05, 3.63) is 54.1 Å². The molecule has 192 valence electrons. The van der Waals surface area contributed by atoms with Gasteiger partial charge < -0.3 is 15.8 Å². The van der Waals surface area contributed by atoms with Crippen LogP contribution >= 0.6 is 11.8 Å². The summed E-state index contributed by atoms with van der Waals surface area (Å²) in [5.41, 5.74) is 6.57. The smallest absolute Gasteiger partial charge is 0.231 e. The Morgan fingerprint density at radius 3 is 2.42 bits per heavy atom. The van der Waals surface area contributed by atoms with E-state index in [1.54, 1.807) is 19.2 Å². The molecule has 0 radical (unpaired) electrons. The van der Waals surface area contributed by atoms with E-state index in [9.17, 15) is 18.0 Å². The molecule has 0 spiro atoms. The van der Waals surface area contributed by atoms with Crippen LogP contribution in [0.1, 0.15) is 31.2 Å². The van der Waals surface area contributed by atoms with E-state index in [0.717, 1.165) is 29.1 Å². The maximum Gasteiger partial charge on any atom is 0.231 e. The number of amides is 2. The molecule has 0 bridgehead atoms. The quantitative estimate of drug-likeness (QED) is 0.337. The average molecular weight is 530 g/mol. The average Bonchev–Trinajstić information content (AvgIpc) is 2.87.